The maximum atomic E-state index is 11.2. The van der Waals surface area contributed by atoms with Crippen LogP contribution in [0.4, 0.5) is 0 Å². The van der Waals surface area contributed by atoms with Crippen molar-refractivity contribution in [2.45, 2.75) is 309 Å². The van der Waals surface area contributed by atoms with Crippen LogP contribution in [0.2, 0.25) is 0 Å². The zero-order chi connectivity index (χ0) is 88.2. The third-order valence-electron chi connectivity index (χ3n) is 16.1. The number of aliphatic hydroxyl groups is 6. The summed E-state index contributed by atoms with van der Waals surface area (Å²) in [6, 6.07) is 2.11. The third-order valence-corrected chi connectivity index (χ3v) is 16.1. The van der Waals surface area contributed by atoms with Crippen molar-refractivity contribution >= 4 is 59.7 Å². The lowest BCUT2D eigenvalue weighted by atomic mass is 9.91. The Balaban J connectivity index is -0.0000000971. The quantitative estimate of drug-likeness (QED) is 0.0144. The predicted octanol–water partition coefficient (Wildman–Crippen LogP) is 14.1. The number of methoxy groups -OCH3 is 2. The van der Waals surface area contributed by atoms with Crippen LogP contribution in [-0.2, 0) is 100 Å². The molecule has 1 rings (SSSR count). The lowest BCUT2D eigenvalue weighted by molar-refractivity contribution is -0.155. The van der Waals surface area contributed by atoms with E-state index in [9.17, 15) is 47.9 Å². The van der Waals surface area contributed by atoms with E-state index >= 15 is 0 Å². The minimum atomic E-state index is -0.421. The molecule has 6 N–H and O–H groups in total. The van der Waals surface area contributed by atoms with Gasteiger partial charge in [0.2, 0.25) is 0 Å². The molecule has 0 aliphatic carbocycles. The Morgan fingerprint density at radius 1 is 0.432 bits per heavy atom. The van der Waals surface area contributed by atoms with Crippen LogP contribution in [0.3, 0.4) is 0 Å². The van der Waals surface area contributed by atoms with E-state index in [0.717, 1.165) is 83.7 Å². The Kier molecular flexibility index (Phi) is 112. The Hall–Kier alpha value is -5.93. The number of hydrogen-bond donors (Lipinski definition) is 6. The molecule has 0 aromatic rings. The summed E-state index contributed by atoms with van der Waals surface area (Å²) in [6.07, 6.45) is 14.6. The Morgan fingerprint density at radius 3 is 0.973 bits per heavy atom. The molecule has 0 saturated carbocycles. The van der Waals surface area contributed by atoms with E-state index in [0.29, 0.717) is 32.8 Å². The van der Waals surface area contributed by atoms with Crippen LogP contribution in [0, 0.1) is 69.5 Å². The second kappa shape index (κ2) is 94.7. The number of rotatable bonds is 39. The monoisotopic (exact) mass is 1610 g/mol. The molecule has 10 atom stereocenters. The summed E-state index contributed by atoms with van der Waals surface area (Å²) in [5.41, 5.74) is -0.843. The molecule has 0 amide bonds. The fourth-order valence-corrected chi connectivity index (χ4v) is 5.37. The molecular formula is C83H167NO27. The number of hydrogen-bond acceptors (Lipinski definition) is 28. The second-order valence-electron chi connectivity index (χ2n) is 27.0. The van der Waals surface area contributed by atoms with Gasteiger partial charge in [0.25, 0.3) is 0 Å². The fourth-order valence-electron chi connectivity index (χ4n) is 5.37. The summed E-state index contributed by atoms with van der Waals surface area (Å²) >= 11 is 0. The van der Waals surface area contributed by atoms with Crippen LogP contribution in [0.5, 0.6) is 0 Å². The Labute approximate surface area is 673 Å². The molecule has 28 nitrogen and oxygen atoms in total. The zero-order valence-corrected chi connectivity index (χ0v) is 74.2. The maximum absolute atomic E-state index is 11.2. The summed E-state index contributed by atoms with van der Waals surface area (Å²) in [5.74, 6) is -2.47. The molecule has 0 bridgehead atoms. The van der Waals surface area contributed by atoms with E-state index in [1.54, 1.807) is 34.8 Å². The molecule has 0 spiro atoms. The molecule has 1 saturated heterocycles. The number of esters is 10. The second-order valence-corrected chi connectivity index (χ2v) is 27.0. The zero-order valence-electron chi connectivity index (χ0n) is 74.2. The molecule has 0 aromatic carbocycles. The first-order valence-corrected chi connectivity index (χ1v) is 39.7. The van der Waals surface area contributed by atoms with E-state index in [1.165, 1.54) is 33.3 Å². The molecule has 1 heterocycles. The van der Waals surface area contributed by atoms with Gasteiger partial charge >= 0.3 is 59.7 Å². The van der Waals surface area contributed by atoms with Crippen LogP contribution in [0.15, 0.2) is 0 Å². The average Bonchev–Trinajstić information content (AvgIpc) is 1.73. The Morgan fingerprint density at radius 2 is 0.766 bits per heavy atom. The molecule has 0 aromatic heterocycles. The minimum absolute atomic E-state index is 0. The number of carbonyl (C=O) groups excluding carboxylic acids is 10. The van der Waals surface area contributed by atoms with E-state index in [4.69, 9.17) is 73.8 Å². The van der Waals surface area contributed by atoms with E-state index < -0.39 is 22.8 Å². The molecule has 111 heavy (non-hydrogen) atoms. The highest BCUT2D eigenvalue weighted by Crippen LogP contribution is 2.23. The largest absolute Gasteiger partial charge is 0.469 e. The van der Waals surface area contributed by atoms with Crippen molar-refractivity contribution in [1.29, 1.82) is 5.26 Å². The van der Waals surface area contributed by atoms with E-state index in [1.807, 2.05) is 138 Å². The van der Waals surface area contributed by atoms with Gasteiger partial charge in [-0.15, -0.1) is 0 Å². The van der Waals surface area contributed by atoms with Gasteiger partial charge in [-0.1, -0.05) is 158 Å². The number of nitriles is 1. The van der Waals surface area contributed by atoms with Crippen LogP contribution in [-0.4, -0.2) is 209 Å². The number of aliphatic hydroxyl groups excluding tert-OH is 6. The first kappa shape index (κ1) is 131. The normalized spacial score (nSPS) is 14.0. The van der Waals surface area contributed by atoms with Gasteiger partial charge in [-0.05, 0) is 126 Å². The first-order valence-electron chi connectivity index (χ1n) is 39.7. The number of unbranched alkanes of at least 4 members (excludes halogenated alkanes) is 3. The molecular weight excluding hydrogens is 1440 g/mol. The minimum Gasteiger partial charge on any atom is -0.469 e. The molecule has 1 aliphatic rings. The highest BCUT2D eigenvalue weighted by atomic mass is 16.6. The van der Waals surface area contributed by atoms with Crippen molar-refractivity contribution in [1.82, 2.24) is 0 Å². The molecule has 666 valence electrons. The van der Waals surface area contributed by atoms with Gasteiger partial charge in [-0.25, -0.2) is 0 Å². The summed E-state index contributed by atoms with van der Waals surface area (Å²) in [4.78, 5) is 108. The predicted molar refractivity (Wildman–Crippen MR) is 435 cm³/mol. The van der Waals surface area contributed by atoms with Gasteiger partial charge in [0, 0.05) is 39.6 Å². The topological polar surface area (TPSA) is 417 Å². The molecule has 1 aliphatic heterocycles. The van der Waals surface area contributed by atoms with Gasteiger partial charge < -0.3 is 82.7 Å². The Bertz CT molecular complexity index is 2100. The summed E-state index contributed by atoms with van der Waals surface area (Å²) in [6.45, 7) is 53.6. The van der Waals surface area contributed by atoms with Gasteiger partial charge in [-0.3, -0.25) is 47.9 Å². The van der Waals surface area contributed by atoms with Crippen LogP contribution in [0.1, 0.15) is 297 Å². The molecule has 0 radical (unpaired) electrons. The number of cyclic esters (lactones) is 2. The third kappa shape index (κ3) is 98.2. The van der Waals surface area contributed by atoms with Crippen molar-refractivity contribution in [3.63, 3.8) is 0 Å². The maximum Gasteiger partial charge on any atom is 0.317 e. The number of carbonyl (C=O) groups is 10. The van der Waals surface area contributed by atoms with E-state index in [-0.39, 0.29) is 174 Å². The summed E-state index contributed by atoms with van der Waals surface area (Å²) < 4.78 is 52.1. The summed E-state index contributed by atoms with van der Waals surface area (Å²) in [7, 11) is 3.12. The number of ether oxygens (including phenoxy) is 11. The first-order chi connectivity index (χ1) is 51.5. The lowest BCUT2D eigenvalue weighted by Gasteiger charge is -2.19. The standard InChI is InChI=1S/C11H22O2.C9H18O4.3C8H16O3.C7H14O3.C6H8O3.2C6H12O2.C5H9N.2C4H10O.CH4/c1-4-6-7-8-9-13-11(12)10(3)5-2;1-3-8(2)9(11)13-7-6-12-5-4-10;2*1-4-8(2,3)7(10)11-6-5-9;1-3-7(2)8(10)11-6-4-5-9;1-3-6(2)7(9)10-5-4-8;1-3-4(2)6(8)9-5(3)7;1-4-5(2)6(7)8-3;1-4-5(2)8-6(3)7;1-3-5(2)4-6;1-3-4-5-2;1-3-4(2)5;/h10H,4-9H2,1-3H3;8,10H,3-7H2,1-2H3;2*9H,4-6H2,1-3H3;7,9H,3-6H2,1-2H3;6,8H,3-5H2,1-2H3;3-4H,1-2H3;2*5H,4H2,1-3H3;5H,3H2,1-2H3;3-4H2,1-2H3;4-5H,3H2,1-2H3;1H4. The average molecular weight is 1610 g/mol. The van der Waals surface area contributed by atoms with Crippen molar-refractivity contribution in [3.8, 4) is 6.07 Å². The van der Waals surface area contributed by atoms with Gasteiger partial charge in [0.05, 0.1) is 130 Å². The van der Waals surface area contributed by atoms with Crippen molar-refractivity contribution in [3.05, 3.63) is 0 Å². The lowest BCUT2D eigenvalue weighted by Crippen LogP contribution is -2.26. The molecule has 1 fully saturated rings. The molecule has 10 unspecified atom stereocenters. The number of nitrogens with zero attached hydrogens (tertiary/aromatic N) is 1. The highest BCUT2D eigenvalue weighted by Gasteiger charge is 2.37. The van der Waals surface area contributed by atoms with Crippen molar-refractivity contribution in [2.75, 3.05) is 107 Å². The highest BCUT2D eigenvalue weighted by molar-refractivity contribution is 5.95. The van der Waals surface area contributed by atoms with Crippen LogP contribution >= 0.6 is 0 Å². The molecule has 28 heteroatoms. The van der Waals surface area contributed by atoms with Crippen LogP contribution < -0.4 is 0 Å². The smallest absolute Gasteiger partial charge is 0.317 e. The van der Waals surface area contributed by atoms with Crippen molar-refractivity contribution < 1.29 is 131 Å². The van der Waals surface area contributed by atoms with Gasteiger partial charge in [0.15, 0.2) is 0 Å². The van der Waals surface area contributed by atoms with E-state index in [2.05, 4.69) is 34.1 Å². The SMILES string of the molecule is C.CC1C(=O)OC(=O)C1C.CCC(C)(C)C(=O)OCCO.CCC(C)(C)C(=O)OCCO.CCC(C)C#N.CCC(C)C(=O)OC.CCC(C)C(=O)OCCCO.CCC(C)C(=O)OCCO.CCC(C)C(=O)OCCOCCO.CCC(C)O.CCC(C)OC(C)=O.CCCCCCOC(=O)C(C)CC.CCCOC. The summed E-state index contributed by atoms with van der Waals surface area (Å²) in [5, 5.41) is 58.2. The van der Waals surface area contributed by atoms with Crippen LogP contribution in [0.25, 0.3) is 0 Å². The fraction of sp³-hybridized carbons (Fsp3) is 0.867. The van der Waals surface area contributed by atoms with Gasteiger partial charge in [-0.2, -0.15) is 5.26 Å². The van der Waals surface area contributed by atoms with Gasteiger partial charge in [0.1, 0.15) is 26.4 Å². The van der Waals surface area contributed by atoms with Crippen molar-refractivity contribution in [2.24, 2.45) is 58.2 Å².